The predicted molar refractivity (Wildman–Crippen MR) is 89.8 cm³/mol. The van der Waals surface area contributed by atoms with Crippen LogP contribution in [0.5, 0.6) is 0 Å². The standard InChI is InChI=1S/C19H18N2O4/c1-9-7-13(14(21(24)25)8-10(9)2)20-17(22)15-11-3-4-12(16(15)18(20)23)19(11)5-6-19/h3-4,7-8,11-12,15-16H,5-6H2,1-2H3/t11-,12-,15-,16-/m1/s1. The van der Waals surface area contributed by atoms with Gasteiger partial charge in [0.15, 0.2) is 0 Å². The SMILES string of the molecule is Cc1cc(N2C(=O)[C@H]3[C@H](C2=O)[C@H]2C=C[C@H]3C23CC3)c([N+](=O)[O-])cc1C. The summed E-state index contributed by atoms with van der Waals surface area (Å²) in [5, 5.41) is 11.5. The average Bonchev–Trinajstić information content (AvgIpc) is 3.15. The topological polar surface area (TPSA) is 80.5 Å². The number of anilines is 1. The summed E-state index contributed by atoms with van der Waals surface area (Å²) in [7, 11) is 0. The summed E-state index contributed by atoms with van der Waals surface area (Å²) in [5.74, 6) is -0.963. The lowest BCUT2D eigenvalue weighted by atomic mass is 9.85. The Morgan fingerprint density at radius 3 is 2.04 bits per heavy atom. The lowest BCUT2D eigenvalue weighted by Gasteiger charge is -2.22. The fraction of sp³-hybridized carbons (Fsp3) is 0.474. The highest BCUT2D eigenvalue weighted by atomic mass is 16.6. The monoisotopic (exact) mass is 338 g/mol. The number of aryl methyl sites for hydroxylation is 2. The molecule has 1 saturated heterocycles. The van der Waals surface area contributed by atoms with E-state index in [2.05, 4.69) is 12.2 Å². The highest BCUT2D eigenvalue weighted by molar-refractivity contribution is 6.24. The minimum atomic E-state index is -0.508. The van der Waals surface area contributed by atoms with E-state index in [0.717, 1.165) is 28.9 Å². The number of benzene rings is 1. The number of carbonyl (C=O) groups is 2. The molecule has 1 aromatic rings. The van der Waals surface area contributed by atoms with Gasteiger partial charge in [-0.1, -0.05) is 12.2 Å². The van der Waals surface area contributed by atoms with Crippen LogP contribution in [0.15, 0.2) is 24.3 Å². The molecule has 1 spiro atoms. The molecule has 2 amide bonds. The van der Waals surface area contributed by atoms with Gasteiger partial charge in [0, 0.05) is 6.07 Å². The molecule has 3 fully saturated rings. The Kier molecular flexibility index (Phi) is 2.59. The van der Waals surface area contributed by atoms with Crippen molar-refractivity contribution < 1.29 is 14.5 Å². The molecule has 3 aliphatic carbocycles. The van der Waals surface area contributed by atoms with E-state index in [1.54, 1.807) is 13.0 Å². The Bertz CT molecular complexity index is 865. The number of nitrogens with zero attached hydrogens (tertiary/aromatic N) is 2. The number of hydrogen-bond acceptors (Lipinski definition) is 4. The summed E-state index contributed by atoms with van der Waals surface area (Å²) in [6.45, 7) is 3.62. The van der Waals surface area contributed by atoms with Gasteiger partial charge in [-0.25, -0.2) is 4.90 Å². The summed E-state index contributed by atoms with van der Waals surface area (Å²) in [6.07, 6.45) is 6.35. The molecule has 4 atom stereocenters. The van der Waals surface area contributed by atoms with Crippen LogP contribution in [0.4, 0.5) is 11.4 Å². The van der Waals surface area contributed by atoms with Crippen LogP contribution < -0.4 is 4.90 Å². The van der Waals surface area contributed by atoms with Crippen LogP contribution in [-0.2, 0) is 9.59 Å². The van der Waals surface area contributed by atoms with Gasteiger partial charge in [0.1, 0.15) is 5.69 Å². The maximum absolute atomic E-state index is 13.1. The van der Waals surface area contributed by atoms with E-state index in [1.807, 2.05) is 6.92 Å². The van der Waals surface area contributed by atoms with Gasteiger partial charge < -0.3 is 0 Å². The van der Waals surface area contributed by atoms with E-state index < -0.39 is 4.92 Å². The molecule has 6 nitrogen and oxygen atoms in total. The molecule has 1 heterocycles. The van der Waals surface area contributed by atoms with Crippen LogP contribution in [0.25, 0.3) is 0 Å². The minimum Gasteiger partial charge on any atom is -0.274 e. The van der Waals surface area contributed by atoms with Crippen LogP contribution in [0.3, 0.4) is 0 Å². The van der Waals surface area contributed by atoms with Crippen molar-refractivity contribution in [1.82, 2.24) is 0 Å². The number of amides is 2. The zero-order chi connectivity index (χ0) is 17.7. The molecule has 25 heavy (non-hydrogen) atoms. The summed E-state index contributed by atoms with van der Waals surface area (Å²) in [6, 6.07) is 3.06. The van der Waals surface area contributed by atoms with Gasteiger partial charge in [0.25, 0.3) is 5.69 Å². The first kappa shape index (κ1) is 14.8. The second kappa shape index (κ2) is 4.36. The van der Waals surface area contributed by atoms with Gasteiger partial charge in [-0.2, -0.15) is 0 Å². The highest BCUT2D eigenvalue weighted by Crippen LogP contribution is 2.73. The van der Waals surface area contributed by atoms with Gasteiger partial charge in [-0.3, -0.25) is 19.7 Å². The van der Waals surface area contributed by atoms with Gasteiger partial charge in [-0.05, 0) is 61.1 Å². The van der Waals surface area contributed by atoms with Gasteiger partial charge >= 0.3 is 0 Å². The van der Waals surface area contributed by atoms with Crippen molar-refractivity contribution in [3.8, 4) is 0 Å². The van der Waals surface area contributed by atoms with Crippen molar-refractivity contribution in [2.24, 2.45) is 29.1 Å². The third-order valence-corrected chi connectivity index (χ3v) is 6.88. The maximum atomic E-state index is 13.1. The zero-order valence-corrected chi connectivity index (χ0v) is 14.1. The van der Waals surface area contributed by atoms with E-state index in [9.17, 15) is 19.7 Å². The molecule has 2 saturated carbocycles. The number of allylic oxidation sites excluding steroid dienone is 2. The number of nitro benzene ring substituents is 1. The number of hydrogen-bond donors (Lipinski definition) is 0. The molecule has 4 aliphatic rings. The molecule has 2 bridgehead atoms. The number of rotatable bonds is 2. The number of fused-ring (bicyclic) bond motifs is 3. The normalized spacial score (nSPS) is 33.4. The van der Waals surface area contributed by atoms with Gasteiger partial charge in [0.05, 0.1) is 16.8 Å². The predicted octanol–water partition coefficient (Wildman–Crippen LogP) is 2.91. The van der Waals surface area contributed by atoms with Crippen molar-refractivity contribution in [3.05, 3.63) is 45.5 Å². The largest absolute Gasteiger partial charge is 0.293 e. The van der Waals surface area contributed by atoms with E-state index in [1.165, 1.54) is 6.07 Å². The van der Waals surface area contributed by atoms with Crippen LogP contribution in [-0.4, -0.2) is 16.7 Å². The smallest absolute Gasteiger partial charge is 0.274 e. The maximum Gasteiger partial charge on any atom is 0.293 e. The summed E-state index contributed by atoms with van der Waals surface area (Å²) < 4.78 is 0. The van der Waals surface area contributed by atoms with Crippen LogP contribution >= 0.6 is 0 Å². The molecule has 0 radical (unpaired) electrons. The summed E-state index contributed by atoms with van der Waals surface area (Å²) in [4.78, 5) is 38.3. The van der Waals surface area contributed by atoms with Crippen molar-refractivity contribution in [3.63, 3.8) is 0 Å². The third kappa shape index (κ3) is 1.60. The Balaban J connectivity index is 1.62. The second-order valence-electron chi connectivity index (χ2n) is 7.92. The fourth-order valence-corrected chi connectivity index (χ4v) is 5.43. The molecule has 1 aliphatic heterocycles. The number of carbonyl (C=O) groups excluding carboxylic acids is 2. The summed E-state index contributed by atoms with van der Waals surface area (Å²) >= 11 is 0. The Morgan fingerprint density at radius 1 is 1.04 bits per heavy atom. The molecule has 0 N–H and O–H groups in total. The fourth-order valence-electron chi connectivity index (χ4n) is 5.43. The number of nitro groups is 1. The lowest BCUT2D eigenvalue weighted by Crippen LogP contribution is -2.35. The van der Waals surface area contributed by atoms with Crippen molar-refractivity contribution in [2.45, 2.75) is 26.7 Å². The average molecular weight is 338 g/mol. The van der Waals surface area contributed by atoms with E-state index in [4.69, 9.17) is 0 Å². The lowest BCUT2D eigenvalue weighted by molar-refractivity contribution is -0.384. The van der Waals surface area contributed by atoms with Crippen molar-refractivity contribution in [1.29, 1.82) is 0 Å². The Hall–Kier alpha value is -2.50. The molecule has 6 heteroatoms. The first-order chi connectivity index (χ1) is 11.9. The second-order valence-corrected chi connectivity index (χ2v) is 7.92. The van der Waals surface area contributed by atoms with Gasteiger partial charge in [-0.15, -0.1) is 0 Å². The molecular weight excluding hydrogens is 320 g/mol. The zero-order valence-electron chi connectivity index (χ0n) is 14.1. The molecular formula is C19H18N2O4. The minimum absolute atomic E-state index is 0.120. The first-order valence-electron chi connectivity index (χ1n) is 8.68. The Morgan fingerprint density at radius 2 is 1.56 bits per heavy atom. The van der Waals surface area contributed by atoms with E-state index in [-0.39, 0.29) is 52.3 Å². The molecule has 0 aromatic heterocycles. The molecule has 1 aromatic carbocycles. The molecule has 5 rings (SSSR count). The quantitative estimate of drug-likeness (QED) is 0.359. The van der Waals surface area contributed by atoms with Gasteiger partial charge in [0.2, 0.25) is 11.8 Å². The Labute approximate surface area is 144 Å². The van der Waals surface area contributed by atoms with E-state index >= 15 is 0 Å². The number of imide groups is 1. The highest BCUT2D eigenvalue weighted by Gasteiger charge is 2.73. The summed E-state index contributed by atoms with van der Waals surface area (Å²) in [5.41, 5.74) is 1.68. The van der Waals surface area contributed by atoms with Crippen molar-refractivity contribution in [2.75, 3.05) is 4.90 Å². The van der Waals surface area contributed by atoms with Crippen LogP contribution in [0, 0.1) is 53.0 Å². The first-order valence-corrected chi connectivity index (χ1v) is 8.68. The molecule has 128 valence electrons. The van der Waals surface area contributed by atoms with E-state index in [0.29, 0.717) is 0 Å². The van der Waals surface area contributed by atoms with Crippen molar-refractivity contribution >= 4 is 23.2 Å². The molecule has 0 unspecified atom stereocenters. The van der Waals surface area contributed by atoms with Crippen LogP contribution in [0.2, 0.25) is 0 Å². The third-order valence-electron chi connectivity index (χ3n) is 6.88. The van der Waals surface area contributed by atoms with Crippen LogP contribution in [0.1, 0.15) is 24.0 Å².